The monoisotopic (exact) mass is 416 g/mol. The summed E-state index contributed by atoms with van der Waals surface area (Å²) in [5.74, 6) is 2.66. The fraction of sp³-hybridized carbons (Fsp3) is 0.350. The van der Waals surface area contributed by atoms with Gasteiger partial charge in [-0.1, -0.05) is 0 Å². The van der Waals surface area contributed by atoms with Crippen molar-refractivity contribution in [2.24, 2.45) is 0 Å². The molecule has 0 saturated heterocycles. The number of thiophene rings is 1. The van der Waals surface area contributed by atoms with Gasteiger partial charge in [0.1, 0.15) is 10.7 Å². The normalized spacial score (nSPS) is 13.5. The van der Waals surface area contributed by atoms with E-state index in [1.54, 1.807) is 18.2 Å². The minimum absolute atomic E-state index is 0.00637. The predicted octanol–water partition coefficient (Wildman–Crippen LogP) is 3.88. The number of hydrogen-bond acceptors (Lipinski definition) is 7. The highest BCUT2D eigenvalue weighted by Gasteiger charge is 2.15. The molecule has 1 aromatic carbocycles. The van der Waals surface area contributed by atoms with E-state index in [4.69, 9.17) is 9.47 Å². The number of thioether (sulfide) groups is 1. The molecule has 0 bridgehead atoms. The van der Waals surface area contributed by atoms with Crippen LogP contribution >= 0.6 is 23.1 Å². The van der Waals surface area contributed by atoms with E-state index in [9.17, 15) is 9.59 Å². The van der Waals surface area contributed by atoms with E-state index in [-0.39, 0.29) is 11.3 Å². The number of H-pyrrole nitrogens is 1. The number of aromatic amines is 1. The molecule has 28 heavy (non-hydrogen) atoms. The molecule has 0 radical (unpaired) electrons. The van der Waals surface area contributed by atoms with Crippen LogP contribution in [0.3, 0.4) is 0 Å². The second-order valence-electron chi connectivity index (χ2n) is 6.60. The maximum Gasteiger partial charge on any atom is 0.259 e. The topological polar surface area (TPSA) is 81.3 Å². The summed E-state index contributed by atoms with van der Waals surface area (Å²) in [5, 5.41) is 0.666. The van der Waals surface area contributed by atoms with E-state index in [1.807, 2.05) is 13.8 Å². The summed E-state index contributed by atoms with van der Waals surface area (Å²) in [6.07, 6.45) is 0.826. The van der Waals surface area contributed by atoms with Gasteiger partial charge in [-0.05, 0) is 37.6 Å². The lowest BCUT2D eigenvalue weighted by atomic mass is 10.1. The highest BCUT2D eigenvalue weighted by molar-refractivity contribution is 7.99. The SMILES string of the molecule is Cc1sc2nc(CSCC(=O)c3ccc4c(c3)OCCCO4)[nH]c(=O)c2c1C. The van der Waals surface area contributed by atoms with Crippen LogP contribution < -0.4 is 15.0 Å². The van der Waals surface area contributed by atoms with Crippen molar-refractivity contribution in [3.63, 3.8) is 0 Å². The summed E-state index contributed by atoms with van der Waals surface area (Å²) >= 11 is 2.95. The first-order valence-electron chi connectivity index (χ1n) is 9.02. The molecule has 0 aliphatic carbocycles. The van der Waals surface area contributed by atoms with E-state index in [2.05, 4.69) is 9.97 Å². The van der Waals surface area contributed by atoms with E-state index >= 15 is 0 Å². The van der Waals surface area contributed by atoms with Crippen molar-refractivity contribution >= 4 is 39.1 Å². The number of hydrogen-bond donors (Lipinski definition) is 1. The number of Topliss-reactive ketones (excluding diaryl/α,β-unsaturated/α-hetero) is 1. The van der Waals surface area contributed by atoms with Crippen LogP contribution in [0.15, 0.2) is 23.0 Å². The van der Waals surface area contributed by atoms with Gasteiger partial charge >= 0.3 is 0 Å². The third kappa shape index (κ3) is 3.79. The van der Waals surface area contributed by atoms with Crippen LogP contribution in [0.5, 0.6) is 11.5 Å². The maximum atomic E-state index is 12.5. The minimum atomic E-state index is -0.114. The smallest absolute Gasteiger partial charge is 0.259 e. The zero-order valence-corrected chi connectivity index (χ0v) is 17.3. The van der Waals surface area contributed by atoms with Gasteiger partial charge in [0.2, 0.25) is 0 Å². The van der Waals surface area contributed by atoms with Crippen molar-refractivity contribution in [1.82, 2.24) is 9.97 Å². The van der Waals surface area contributed by atoms with E-state index in [0.29, 0.717) is 53.0 Å². The summed E-state index contributed by atoms with van der Waals surface area (Å²) in [5.41, 5.74) is 1.47. The molecule has 146 valence electrons. The van der Waals surface area contributed by atoms with Gasteiger partial charge in [-0.3, -0.25) is 9.59 Å². The second kappa shape index (κ2) is 7.97. The molecule has 6 nitrogen and oxygen atoms in total. The first kappa shape index (κ1) is 19.0. The van der Waals surface area contributed by atoms with Crippen LogP contribution in [0.1, 0.15) is 33.0 Å². The molecule has 0 unspecified atom stereocenters. The average molecular weight is 417 g/mol. The maximum absolute atomic E-state index is 12.5. The number of nitrogens with zero attached hydrogens (tertiary/aromatic N) is 1. The summed E-state index contributed by atoms with van der Waals surface area (Å²) in [6, 6.07) is 5.29. The van der Waals surface area contributed by atoms with Gasteiger partial charge < -0.3 is 14.5 Å². The quantitative estimate of drug-likeness (QED) is 0.636. The Morgan fingerprint density at radius 1 is 1.25 bits per heavy atom. The molecule has 4 rings (SSSR count). The predicted molar refractivity (Wildman–Crippen MR) is 112 cm³/mol. The Hall–Kier alpha value is -2.32. The average Bonchev–Trinajstić information content (AvgIpc) is 2.84. The van der Waals surface area contributed by atoms with Crippen LogP contribution in [0.4, 0.5) is 0 Å². The van der Waals surface area contributed by atoms with Crippen molar-refractivity contribution in [3.8, 4) is 11.5 Å². The van der Waals surface area contributed by atoms with Crippen molar-refractivity contribution in [1.29, 1.82) is 0 Å². The van der Waals surface area contributed by atoms with E-state index in [0.717, 1.165) is 21.7 Å². The van der Waals surface area contributed by atoms with Crippen LogP contribution in [0.2, 0.25) is 0 Å². The number of nitrogens with one attached hydrogen (secondary N) is 1. The summed E-state index contributed by atoms with van der Waals surface area (Å²) in [6.45, 7) is 5.13. The second-order valence-corrected chi connectivity index (χ2v) is 8.79. The van der Waals surface area contributed by atoms with Gasteiger partial charge in [0.15, 0.2) is 17.3 Å². The number of aromatic nitrogens is 2. The van der Waals surface area contributed by atoms with Gasteiger partial charge in [0, 0.05) is 16.9 Å². The molecule has 1 aliphatic heterocycles. The molecule has 8 heteroatoms. The van der Waals surface area contributed by atoms with E-state index in [1.165, 1.54) is 23.1 Å². The van der Waals surface area contributed by atoms with Crippen LogP contribution in [-0.4, -0.2) is 34.7 Å². The number of rotatable bonds is 5. The van der Waals surface area contributed by atoms with Gasteiger partial charge in [-0.2, -0.15) is 0 Å². The number of fused-ring (bicyclic) bond motifs is 2. The van der Waals surface area contributed by atoms with Crippen LogP contribution in [-0.2, 0) is 5.75 Å². The Kier molecular flexibility index (Phi) is 5.41. The van der Waals surface area contributed by atoms with Gasteiger partial charge in [-0.15, -0.1) is 23.1 Å². The molecule has 3 heterocycles. The fourth-order valence-corrected chi connectivity index (χ4v) is 4.86. The van der Waals surface area contributed by atoms with Crippen molar-refractivity contribution in [2.75, 3.05) is 19.0 Å². The molecule has 1 aliphatic rings. The van der Waals surface area contributed by atoms with Crippen LogP contribution in [0, 0.1) is 13.8 Å². The summed E-state index contributed by atoms with van der Waals surface area (Å²) in [4.78, 5) is 34.1. The lowest BCUT2D eigenvalue weighted by Crippen LogP contribution is -2.11. The third-order valence-electron chi connectivity index (χ3n) is 4.63. The number of ketones is 1. The van der Waals surface area contributed by atoms with Crippen molar-refractivity contribution < 1.29 is 14.3 Å². The highest BCUT2D eigenvalue weighted by atomic mass is 32.2. The minimum Gasteiger partial charge on any atom is -0.490 e. The summed E-state index contributed by atoms with van der Waals surface area (Å²) in [7, 11) is 0. The largest absolute Gasteiger partial charge is 0.490 e. The molecule has 0 saturated carbocycles. The number of benzene rings is 1. The Bertz CT molecular complexity index is 1100. The van der Waals surface area contributed by atoms with Crippen LogP contribution in [0.25, 0.3) is 10.2 Å². The number of aryl methyl sites for hydroxylation is 2. The Morgan fingerprint density at radius 3 is 2.86 bits per heavy atom. The molecule has 0 spiro atoms. The van der Waals surface area contributed by atoms with Gasteiger partial charge in [0.05, 0.1) is 30.1 Å². The molecule has 1 N–H and O–H groups in total. The van der Waals surface area contributed by atoms with E-state index < -0.39 is 0 Å². The first-order chi connectivity index (χ1) is 13.5. The molecular formula is C20H20N2O4S2. The number of ether oxygens (including phenoxy) is 2. The Balaban J connectivity index is 1.42. The molecular weight excluding hydrogens is 396 g/mol. The lowest BCUT2D eigenvalue weighted by molar-refractivity contribution is 0.102. The Labute approximate surface area is 170 Å². The molecule has 0 atom stereocenters. The Morgan fingerprint density at radius 2 is 2.04 bits per heavy atom. The standard InChI is InChI=1S/C20H20N2O4S2/c1-11-12(2)28-20-18(11)19(24)21-17(22-20)10-27-9-14(23)13-4-5-15-16(8-13)26-7-3-6-25-15/h4-5,8H,3,6-7,9-10H2,1-2H3,(H,21,22,24). The zero-order chi connectivity index (χ0) is 19.7. The fourth-order valence-electron chi connectivity index (χ4n) is 3.03. The van der Waals surface area contributed by atoms with Gasteiger partial charge in [0.25, 0.3) is 5.56 Å². The first-order valence-corrected chi connectivity index (χ1v) is 11.0. The van der Waals surface area contributed by atoms with Crippen molar-refractivity contribution in [3.05, 3.63) is 50.4 Å². The van der Waals surface area contributed by atoms with Crippen molar-refractivity contribution in [2.45, 2.75) is 26.0 Å². The number of carbonyl (C=O) groups is 1. The number of carbonyl (C=O) groups excluding carboxylic acids is 1. The molecule has 3 aromatic rings. The highest BCUT2D eigenvalue weighted by Crippen LogP contribution is 2.31. The van der Waals surface area contributed by atoms with Gasteiger partial charge in [-0.25, -0.2) is 4.98 Å². The molecule has 0 fully saturated rings. The lowest BCUT2D eigenvalue weighted by Gasteiger charge is -2.08. The molecule has 0 amide bonds. The zero-order valence-electron chi connectivity index (χ0n) is 15.7. The molecule has 2 aromatic heterocycles. The third-order valence-corrected chi connectivity index (χ3v) is 6.67. The summed E-state index contributed by atoms with van der Waals surface area (Å²) < 4.78 is 11.2.